The molecule has 3 fully saturated rings. The highest BCUT2D eigenvalue weighted by atomic mass is 127. The fraction of sp³-hybridized carbons (Fsp3) is 0.455. The first kappa shape index (κ1) is 88.2. The summed E-state index contributed by atoms with van der Waals surface area (Å²) < 4.78 is 21.8. The van der Waals surface area contributed by atoms with Gasteiger partial charge in [0.1, 0.15) is 68.8 Å². The Kier molecular flexibility index (Phi) is 87.4. The molecule has 15 heteroatoms. The van der Waals surface area contributed by atoms with Gasteiger partial charge >= 0.3 is 0 Å². The first-order valence-corrected chi connectivity index (χ1v) is 34.3. The number of aromatic hydroxyl groups is 1. The first-order chi connectivity index (χ1) is 39.9. The third kappa shape index (κ3) is 65.0. The number of hydrogen-bond donors (Lipinski definition) is 4. The van der Waals surface area contributed by atoms with Gasteiger partial charge in [-0.3, -0.25) is 14.7 Å². The zero-order chi connectivity index (χ0) is 62.1. The monoisotopic (exact) mass is 1480 g/mol. The molecule has 11 nitrogen and oxygen atoms in total. The fourth-order valence-electron chi connectivity index (χ4n) is 5.95. The van der Waals surface area contributed by atoms with Gasteiger partial charge in [0, 0.05) is 39.3 Å². The van der Waals surface area contributed by atoms with E-state index in [1.807, 2.05) is 190 Å². The summed E-state index contributed by atoms with van der Waals surface area (Å²) in [6, 6.07) is 48.4. The number of hydrogen-bond acceptors (Lipinski definition) is 11. The number of para-hydroxylation sites is 5. The van der Waals surface area contributed by atoms with Gasteiger partial charge in [0.15, 0.2) is 6.07 Å². The van der Waals surface area contributed by atoms with Crippen LogP contribution in [0, 0.1) is 36.0 Å². The minimum absolute atomic E-state index is 0.0174. The summed E-state index contributed by atoms with van der Waals surface area (Å²) in [6.07, 6.45) is 12.4. The van der Waals surface area contributed by atoms with Crippen LogP contribution in [0.25, 0.3) is 0 Å². The van der Waals surface area contributed by atoms with Gasteiger partial charge in [0.05, 0.1) is 0 Å². The van der Waals surface area contributed by atoms with Crippen molar-refractivity contribution in [2.75, 3.05) is 100 Å². The Hall–Kier alpha value is -3.98. The second-order valence-corrected chi connectivity index (χ2v) is 14.9. The standard InChI is InChI=1S/3C11H15NO.C7H7ClO.C6H6O.2C4H6O.C3H4O.3C2H6.3CH3I/c3*1-2-6-11(7-3-1)13-10-12-8-4-5-9-12;8-6-9-7-4-2-1-3-5-7;7-6-4-2-1-3-5-6;2*1-2-3-4-5;1-2-3-4;6*1-2/h3*1-3,6-7H,4-5,8-10H2;1-5H,6H2;1-5,7H;2*5H,4H2,1H3;1,4H,3H2;3*1-2H3;3*1H3. The molecule has 5 aromatic rings. The Labute approximate surface area is 539 Å². The van der Waals surface area contributed by atoms with E-state index in [4.69, 9.17) is 51.0 Å². The van der Waals surface area contributed by atoms with E-state index >= 15 is 0 Å². The number of phenols is 1. The summed E-state index contributed by atoms with van der Waals surface area (Å²) in [5.74, 6) is 15.9. The Balaban J connectivity index is -0.000000198. The maximum absolute atomic E-state index is 8.63. The van der Waals surface area contributed by atoms with E-state index in [1.165, 1.54) is 77.8 Å². The van der Waals surface area contributed by atoms with Crippen LogP contribution in [0.4, 0.5) is 0 Å². The quantitative estimate of drug-likeness (QED) is 0.0573. The average molecular weight is 1480 g/mol. The van der Waals surface area contributed by atoms with Crippen LogP contribution in [-0.2, 0) is 0 Å². The van der Waals surface area contributed by atoms with Gasteiger partial charge in [-0.05, 0) is 128 Å². The normalized spacial score (nSPS) is 11.5. The topological polar surface area (TPSA) is 128 Å². The summed E-state index contributed by atoms with van der Waals surface area (Å²) in [7, 11) is 0. The molecule has 3 heterocycles. The first-order valence-electron chi connectivity index (χ1n) is 27.3. The fourth-order valence-corrected chi connectivity index (χ4v) is 6.07. The maximum atomic E-state index is 8.63. The lowest BCUT2D eigenvalue weighted by molar-refractivity contribution is 0.152. The predicted molar refractivity (Wildman–Crippen MR) is 375 cm³/mol. The molecule has 0 aromatic heterocycles. The number of rotatable bonds is 11. The number of alkyl halides is 4. The second kappa shape index (κ2) is 80.2. The lowest BCUT2D eigenvalue weighted by Crippen LogP contribution is -2.24. The number of benzene rings is 5. The van der Waals surface area contributed by atoms with Crippen LogP contribution in [0.3, 0.4) is 0 Å². The van der Waals surface area contributed by atoms with Gasteiger partial charge in [-0.25, -0.2) is 0 Å². The third-order valence-electron chi connectivity index (χ3n) is 9.39. The zero-order valence-electron chi connectivity index (χ0n) is 50.7. The number of ether oxygens (including phenoxy) is 4. The molecule has 0 atom stereocenters. The van der Waals surface area contributed by atoms with Crippen molar-refractivity contribution in [1.82, 2.24) is 14.7 Å². The highest BCUT2D eigenvalue weighted by Crippen LogP contribution is 2.14. The molecule has 0 bridgehead atoms. The van der Waals surface area contributed by atoms with Crippen molar-refractivity contribution in [3.63, 3.8) is 0 Å². The maximum Gasteiger partial charge on any atom is 0.162 e. The minimum atomic E-state index is -0.153. The van der Waals surface area contributed by atoms with Gasteiger partial charge < -0.3 is 39.4 Å². The third-order valence-corrected chi connectivity index (χ3v) is 9.50. The molecule has 81 heavy (non-hydrogen) atoms. The molecular formula is C66H101ClI3N3O8. The highest BCUT2D eigenvalue weighted by Gasteiger charge is 2.12. The minimum Gasteiger partial charge on any atom is -0.508 e. The van der Waals surface area contributed by atoms with Crippen molar-refractivity contribution in [2.45, 2.75) is 93.9 Å². The van der Waals surface area contributed by atoms with Gasteiger partial charge in [-0.2, -0.15) is 0 Å². The van der Waals surface area contributed by atoms with Gasteiger partial charge in [-0.1, -0.05) is 230 Å². The molecule has 456 valence electrons. The van der Waals surface area contributed by atoms with E-state index in [9.17, 15) is 0 Å². The molecule has 3 aliphatic rings. The predicted octanol–water partition coefficient (Wildman–Crippen LogP) is 15.9. The van der Waals surface area contributed by atoms with Gasteiger partial charge in [0.25, 0.3) is 0 Å². The lowest BCUT2D eigenvalue weighted by atomic mass is 10.3. The lowest BCUT2D eigenvalue weighted by Gasteiger charge is -2.15. The SMILES string of the molecule is C#CCO.CC.CC.CC.CC#CCO.CC#CCO.CI.CI.CI.ClCOc1ccccc1.Oc1ccccc1.c1ccc(OCN2CCCC2)cc1.c1ccc(OCN2CCCC2)cc1.c1ccc(OCN2CCCC2)cc1. The Morgan fingerprint density at radius 1 is 0.407 bits per heavy atom. The second-order valence-electron chi connectivity index (χ2n) is 14.7. The van der Waals surface area contributed by atoms with Crippen LogP contribution in [-0.4, -0.2) is 135 Å². The van der Waals surface area contributed by atoms with Crippen molar-refractivity contribution in [3.8, 4) is 64.8 Å². The van der Waals surface area contributed by atoms with Crippen molar-refractivity contribution in [2.24, 2.45) is 0 Å². The van der Waals surface area contributed by atoms with Gasteiger partial charge in [0.2, 0.25) is 0 Å². The van der Waals surface area contributed by atoms with Crippen molar-refractivity contribution in [3.05, 3.63) is 152 Å². The molecule has 8 rings (SSSR count). The zero-order valence-corrected chi connectivity index (χ0v) is 57.9. The van der Waals surface area contributed by atoms with Crippen LogP contribution in [0.2, 0.25) is 0 Å². The molecule has 0 aliphatic carbocycles. The van der Waals surface area contributed by atoms with E-state index in [0.29, 0.717) is 5.75 Å². The van der Waals surface area contributed by atoms with Crippen molar-refractivity contribution < 1.29 is 39.4 Å². The number of likely N-dealkylation sites (tertiary alicyclic amines) is 3. The number of terminal acetylenes is 1. The Morgan fingerprint density at radius 3 is 0.765 bits per heavy atom. The van der Waals surface area contributed by atoms with Crippen LogP contribution < -0.4 is 18.9 Å². The number of aliphatic hydroxyl groups is 3. The average Bonchev–Trinajstić information content (AvgIpc) is 4.41. The van der Waals surface area contributed by atoms with Crippen LogP contribution in [0.1, 0.15) is 93.9 Å². The Morgan fingerprint density at radius 2 is 0.617 bits per heavy atom. The molecule has 3 saturated heterocycles. The number of nitrogens with zero attached hydrogens (tertiary/aromatic N) is 3. The molecule has 0 unspecified atom stereocenters. The number of halogens is 4. The molecule has 5 aromatic carbocycles. The van der Waals surface area contributed by atoms with Crippen LogP contribution in [0.5, 0.6) is 28.7 Å². The van der Waals surface area contributed by atoms with Crippen LogP contribution in [0.15, 0.2) is 152 Å². The van der Waals surface area contributed by atoms with Gasteiger partial charge in [-0.15, -0.1) is 18.3 Å². The summed E-state index contributed by atoms with van der Waals surface area (Å²) in [5, 5.41) is 32.1. The van der Waals surface area contributed by atoms with E-state index in [-0.39, 0.29) is 25.9 Å². The molecule has 0 radical (unpaired) electrons. The molecule has 4 N–H and O–H groups in total. The summed E-state index contributed by atoms with van der Waals surface area (Å²) in [4.78, 5) is 12.9. The molecule has 0 amide bonds. The van der Waals surface area contributed by atoms with E-state index in [2.05, 4.69) is 113 Å². The molecule has 3 aliphatic heterocycles. The number of phenolic OH excluding ortho intramolecular Hbond substituents is 1. The van der Waals surface area contributed by atoms with Crippen molar-refractivity contribution in [1.29, 1.82) is 0 Å². The largest absolute Gasteiger partial charge is 0.508 e. The smallest absolute Gasteiger partial charge is 0.162 e. The molecular weight excluding hydrogens is 1380 g/mol. The van der Waals surface area contributed by atoms with Crippen molar-refractivity contribution >= 4 is 79.4 Å². The number of aliphatic hydroxyl groups excluding tert-OH is 3. The molecule has 0 spiro atoms. The highest BCUT2D eigenvalue weighted by molar-refractivity contribution is 14.1. The molecule has 0 saturated carbocycles. The van der Waals surface area contributed by atoms with Crippen LogP contribution >= 0.6 is 79.4 Å². The van der Waals surface area contributed by atoms with E-state index in [0.717, 1.165) is 43.2 Å². The Bertz CT molecular complexity index is 1890. The summed E-state index contributed by atoms with van der Waals surface area (Å²) in [5.41, 5.74) is 0. The van der Waals surface area contributed by atoms with E-state index in [1.54, 1.807) is 38.1 Å². The summed E-state index contributed by atoms with van der Waals surface area (Å²) >= 11 is 11.8. The van der Waals surface area contributed by atoms with E-state index < -0.39 is 0 Å². The summed E-state index contributed by atoms with van der Waals surface area (Å²) in [6.45, 7) is 24.5.